The average molecular weight is 349 g/mol. The fraction of sp³-hybridized carbons (Fsp3) is 0.562. The zero-order valence-corrected chi connectivity index (χ0v) is 15.3. The zero-order chi connectivity index (χ0) is 16.0. The van der Waals surface area contributed by atoms with E-state index >= 15 is 0 Å². The predicted octanol–water partition coefficient (Wildman–Crippen LogP) is 3.49. The van der Waals surface area contributed by atoms with Gasteiger partial charge in [0.1, 0.15) is 5.75 Å². The summed E-state index contributed by atoms with van der Waals surface area (Å²) < 4.78 is 5.32. The van der Waals surface area contributed by atoms with Crippen LogP contribution in [0.5, 0.6) is 5.75 Å². The Morgan fingerprint density at radius 2 is 1.95 bits per heavy atom. The van der Waals surface area contributed by atoms with Gasteiger partial charge in [-0.05, 0) is 31.0 Å². The SMILES string of the molecule is CCC(CC)(CN)C(=O)N(C)Cc1cc(Cl)ccc1OC.Cl. The maximum atomic E-state index is 12.7. The van der Waals surface area contributed by atoms with Crippen LogP contribution in [0.15, 0.2) is 18.2 Å². The predicted molar refractivity (Wildman–Crippen MR) is 93.8 cm³/mol. The van der Waals surface area contributed by atoms with E-state index in [0.717, 1.165) is 24.2 Å². The molecule has 0 unspecified atom stereocenters. The highest BCUT2D eigenvalue weighted by Gasteiger charge is 2.35. The molecule has 22 heavy (non-hydrogen) atoms. The Bertz CT molecular complexity index is 483. The smallest absolute Gasteiger partial charge is 0.230 e. The third kappa shape index (κ3) is 4.51. The number of benzene rings is 1. The van der Waals surface area contributed by atoms with Gasteiger partial charge in [0.25, 0.3) is 0 Å². The lowest BCUT2D eigenvalue weighted by atomic mass is 9.81. The quantitative estimate of drug-likeness (QED) is 0.820. The van der Waals surface area contributed by atoms with Crippen LogP contribution in [-0.4, -0.2) is 31.5 Å². The summed E-state index contributed by atoms with van der Waals surface area (Å²) in [4.78, 5) is 14.4. The molecule has 1 amide bonds. The molecule has 0 aliphatic heterocycles. The summed E-state index contributed by atoms with van der Waals surface area (Å²) in [7, 11) is 3.40. The molecule has 0 bridgehead atoms. The molecule has 0 saturated heterocycles. The van der Waals surface area contributed by atoms with Crippen molar-refractivity contribution >= 4 is 29.9 Å². The van der Waals surface area contributed by atoms with E-state index in [1.165, 1.54) is 0 Å². The maximum absolute atomic E-state index is 12.7. The van der Waals surface area contributed by atoms with Crippen molar-refractivity contribution in [1.82, 2.24) is 4.90 Å². The largest absolute Gasteiger partial charge is 0.496 e. The minimum atomic E-state index is -0.486. The number of ether oxygens (including phenoxy) is 1. The summed E-state index contributed by atoms with van der Waals surface area (Å²) in [6.45, 7) is 4.81. The van der Waals surface area contributed by atoms with Crippen LogP contribution in [0.2, 0.25) is 5.02 Å². The van der Waals surface area contributed by atoms with Crippen LogP contribution in [0.4, 0.5) is 0 Å². The first-order valence-electron chi connectivity index (χ1n) is 7.22. The number of carbonyl (C=O) groups excluding carboxylic acids is 1. The Morgan fingerprint density at radius 3 is 2.41 bits per heavy atom. The molecular formula is C16H26Cl2N2O2. The van der Waals surface area contributed by atoms with E-state index in [9.17, 15) is 4.79 Å². The van der Waals surface area contributed by atoms with Crippen molar-refractivity contribution in [3.63, 3.8) is 0 Å². The van der Waals surface area contributed by atoms with Gasteiger partial charge in [0.2, 0.25) is 5.91 Å². The number of hydrogen-bond acceptors (Lipinski definition) is 3. The van der Waals surface area contributed by atoms with Gasteiger partial charge in [0, 0.05) is 30.7 Å². The maximum Gasteiger partial charge on any atom is 0.230 e. The first-order chi connectivity index (χ1) is 9.93. The Labute approximate surface area is 144 Å². The van der Waals surface area contributed by atoms with Gasteiger partial charge in [-0.15, -0.1) is 12.4 Å². The third-order valence-electron chi connectivity index (χ3n) is 4.19. The Hall–Kier alpha value is -0.970. The minimum Gasteiger partial charge on any atom is -0.496 e. The molecule has 0 fully saturated rings. The van der Waals surface area contributed by atoms with Crippen LogP contribution < -0.4 is 10.5 Å². The minimum absolute atomic E-state index is 0. The van der Waals surface area contributed by atoms with E-state index in [2.05, 4.69) is 0 Å². The van der Waals surface area contributed by atoms with Gasteiger partial charge in [-0.1, -0.05) is 25.4 Å². The van der Waals surface area contributed by atoms with Crippen LogP contribution in [0.3, 0.4) is 0 Å². The van der Waals surface area contributed by atoms with Gasteiger partial charge >= 0.3 is 0 Å². The summed E-state index contributed by atoms with van der Waals surface area (Å²) >= 11 is 6.03. The second kappa shape index (κ2) is 9.23. The monoisotopic (exact) mass is 348 g/mol. The van der Waals surface area contributed by atoms with Crippen LogP contribution in [0, 0.1) is 5.41 Å². The van der Waals surface area contributed by atoms with Crippen molar-refractivity contribution in [1.29, 1.82) is 0 Å². The summed E-state index contributed by atoms with van der Waals surface area (Å²) in [6.07, 6.45) is 1.46. The topological polar surface area (TPSA) is 55.6 Å². The zero-order valence-electron chi connectivity index (χ0n) is 13.7. The standard InChI is InChI=1S/C16H25ClN2O2.ClH/c1-5-16(6-2,11-18)15(20)19(3)10-12-9-13(17)7-8-14(12)21-4;/h7-9H,5-6,10-11,18H2,1-4H3;1H. The van der Waals surface area contributed by atoms with E-state index in [0.29, 0.717) is 18.1 Å². The molecule has 0 atom stereocenters. The molecule has 1 rings (SSSR count). The fourth-order valence-electron chi connectivity index (χ4n) is 2.53. The molecular weight excluding hydrogens is 323 g/mol. The summed E-state index contributed by atoms with van der Waals surface area (Å²) in [6, 6.07) is 5.41. The number of hydrogen-bond donors (Lipinski definition) is 1. The number of halogens is 2. The molecule has 2 N–H and O–H groups in total. The number of rotatable bonds is 7. The van der Waals surface area contributed by atoms with E-state index in [-0.39, 0.29) is 18.3 Å². The van der Waals surface area contributed by atoms with E-state index in [4.69, 9.17) is 22.1 Å². The van der Waals surface area contributed by atoms with Gasteiger partial charge in [0.05, 0.1) is 12.5 Å². The molecule has 0 spiro atoms. The number of methoxy groups -OCH3 is 1. The molecule has 126 valence electrons. The van der Waals surface area contributed by atoms with Gasteiger partial charge < -0.3 is 15.4 Å². The molecule has 1 aromatic carbocycles. The molecule has 0 aromatic heterocycles. The van der Waals surface area contributed by atoms with E-state index in [1.54, 1.807) is 25.1 Å². The van der Waals surface area contributed by atoms with Gasteiger partial charge in [-0.3, -0.25) is 4.79 Å². The lowest BCUT2D eigenvalue weighted by Crippen LogP contribution is -2.45. The van der Waals surface area contributed by atoms with Crippen LogP contribution >= 0.6 is 24.0 Å². The molecule has 6 heteroatoms. The lowest BCUT2D eigenvalue weighted by Gasteiger charge is -2.33. The second-order valence-electron chi connectivity index (χ2n) is 5.31. The molecule has 1 aromatic rings. The van der Waals surface area contributed by atoms with Crippen molar-refractivity contribution in [3.8, 4) is 5.75 Å². The van der Waals surface area contributed by atoms with E-state index in [1.807, 2.05) is 26.0 Å². The van der Waals surface area contributed by atoms with Crippen molar-refractivity contribution in [2.45, 2.75) is 33.2 Å². The third-order valence-corrected chi connectivity index (χ3v) is 4.43. The highest BCUT2D eigenvalue weighted by molar-refractivity contribution is 6.30. The van der Waals surface area contributed by atoms with Crippen LogP contribution in [-0.2, 0) is 11.3 Å². The fourth-order valence-corrected chi connectivity index (χ4v) is 2.73. The Kier molecular flexibility index (Phi) is 8.83. The Morgan fingerprint density at radius 1 is 1.36 bits per heavy atom. The highest BCUT2D eigenvalue weighted by atomic mass is 35.5. The first-order valence-corrected chi connectivity index (χ1v) is 7.60. The molecule has 4 nitrogen and oxygen atoms in total. The summed E-state index contributed by atoms with van der Waals surface area (Å²) in [5, 5.41) is 0.628. The normalized spacial score (nSPS) is 10.8. The summed E-state index contributed by atoms with van der Waals surface area (Å²) in [5.74, 6) is 0.794. The lowest BCUT2D eigenvalue weighted by molar-refractivity contribution is -0.141. The number of amides is 1. The molecule has 0 saturated carbocycles. The first kappa shape index (κ1) is 21.0. The van der Waals surface area contributed by atoms with Gasteiger partial charge in [-0.25, -0.2) is 0 Å². The van der Waals surface area contributed by atoms with E-state index < -0.39 is 5.41 Å². The second-order valence-corrected chi connectivity index (χ2v) is 5.75. The number of nitrogens with two attached hydrogens (primary N) is 1. The van der Waals surface area contributed by atoms with Crippen molar-refractivity contribution in [2.24, 2.45) is 11.1 Å². The van der Waals surface area contributed by atoms with Gasteiger partial charge in [0.15, 0.2) is 0 Å². The van der Waals surface area contributed by atoms with Crippen molar-refractivity contribution in [3.05, 3.63) is 28.8 Å². The molecule has 0 radical (unpaired) electrons. The molecule has 0 aliphatic carbocycles. The van der Waals surface area contributed by atoms with Crippen molar-refractivity contribution < 1.29 is 9.53 Å². The number of nitrogens with zero attached hydrogens (tertiary/aromatic N) is 1. The average Bonchev–Trinajstić information content (AvgIpc) is 2.49. The molecule has 0 heterocycles. The van der Waals surface area contributed by atoms with Crippen molar-refractivity contribution in [2.75, 3.05) is 20.7 Å². The highest BCUT2D eigenvalue weighted by Crippen LogP contribution is 2.29. The van der Waals surface area contributed by atoms with Crippen LogP contribution in [0.25, 0.3) is 0 Å². The number of carbonyl (C=O) groups is 1. The van der Waals surface area contributed by atoms with Crippen LogP contribution in [0.1, 0.15) is 32.3 Å². The van der Waals surface area contributed by atoms with Gasteiger partial charge in [-0.2, -0.15) is 0 Å². The molecule has 0 aliphatic rings. The summed E-state index contributed by atoms with van der Waals surface area (Å²) in [5.41, 5.74) is 6.25. The Balaban J connectivity index is 0.00000441.